The number of anilines is 2. The van der Waals surface area contributed by atoms with Gasteiger partial charge in [0.1, 0.15) is 5.60 Å². The fourth-order valence-electron chi connectivity index (χ4n) is 2.62. The minimum absolute atomic E-state index is 0.0160. The summed E-state index contributed by atoms with van der Waals surface area (Å²) in [6, 6.07) is 5.68. The zero-order valence-corrected chi connectivity index (χ0v) is 20.1. The minimum atomic E-state index is -3.96. The first-order valence-corrected chi connectivity index (χ1v) is 11.6. The predicted octanol–water partition coefficient (Wildman–Crippen LogP) is 2.70. The van der Waals surface area contributed by atoms with Gasteiger partial charge in [0.05, 0.1) is 23.9 Å². The van der Waals surface area contributed by atoms with Gasteiger partial charge in [-0.2, -0.15) is 0 Å². The highest BCUT2D eigenvalue weighted by molar-refractivity contribution is 7.92. The highest BCUT2D eigenvalue weighted by atomic mass is 32.2. The number of ether oxygens (including phenoxy) is 2. The summed E-state index contributed by atoms with van der Waals surface area (Å²) in [4.78, 5) is 31.2. The first-order chi connectivity index (χ1) is 15.4. The maximum atomic E-state index is 12.7. The van der Waals surface area contributed by atoms with E-state index in [9.17, 15) is 18.0 Å². The van der Waals surface area contributed by atoms with Crippen LogP contribution in [0.1, 0.15) is 39.8 Å². The van der Waals surface area contributed by atoms with Crippen LogP contribution in [-0.2, 0) is 26.0 Å². The summed E-state index contributed by atoms with van der Waals surface area (Å²) in [5.74, 6) is -0.297. The van der Waals surface area contributed by atoms with Crippen LogP contribution in [0.5, 0.6) is 5.88 Å². The predicted molar refractivity (Wildman–Crippen MR) is 123 cm³/mol. The van der Waals surface area contributed by atoms with Crippen molar-refractivity contribution in [3.05, 3.63) is 36.2 Å². The number of aromatic nitrogens is 2. The molecule has 0 fully saturated rings. The average molecular weight is 480 g/mol. The summed E-state index contributed by atoms with van der Waals surface area (Å²) in [6.07, 6.45) is 1.99. The van der Waals surface area contributed by atoms with Gasteiger partial charge in [-0.25, -0.2) is 23.2 Å². The summed E-state index contributed by atoms with van der Waals surface area (Å²) in [7, 11) is -2.60. The number of methoxy groups -OCH3 is 1. The van der Waals surface area contributed by atoms with Crippen molar-refractivity contribution in [2.75, 3.05) is 23.7 Å². The van der Waals surface area contributed by atoms with E-state index in [2.05, 4.69) is 25.3 Å². The van der Waals surface area contributed by atoms with Gasteiger partial charge in [0.15, 0.2) is 0 Å². The topological polar surface area (TPSA) is 149 Å². The number of alkyl carbamates (subject to hydrolysis) is 1. The molecule has 0 unspecified atom stereocenters. The second-order valence-corrected chi connectivity index (χ2v) is 9.74. The van der Waals surface area contributed by atoms with Gasteiger partial charge in [0.25, 0.3) is 15.9 Å². The van der Waals surface area contributed by atoms with E-state index in [4.69, 9.17) is 9.47 Å². The Morgan fingerprint density at radius 2 is 1.79 bits per heavy atom. The van der Waals surface area contributed by atoms with Gasteiger partial charge in [-0.05, 0) is 57.9 Å². The van der Waals surface area contributed by atoms with Crippen LogP contribution in [0.4, 0.5) is 16.3 Å². The molecule has 0 spiro atoms. The normalized spacial score (nSPS) is 11.4. The summed E-state index contributed by atoms with van der Waals surface area (Å²) in [5.41, 5.74) is 0.476. The lowest BCUT2D eigenvalue weighted by atomic mass is 10.2. The van der Waals surface area contributed by atoms with Crippen molar-refractivity contribution in [2.45, 2.75) is 51.0 Å². The molecule has 180 valence electrons. The largest absolute Gasteiger partial charge is 0.478 e. The SMILES string of the molecule is COc1nc(CCCNC(=O)OC(C)(C)C)cnc1NS(=O)(=O)c1ccc(NC(C)=O)cc1. The first-order valence-electron chi connectivity index (χ1n) is 10.2. The molecule has 0 radical (unpaired) electrons. The molecule has 33 heavy (non-hydrogen) atoms. The molecule has 1 aromatic carbocycles. The van der Waals surface area contributed by atoms with Gasteiger partial charge >= 0.3 is 6.09 Å². The molecular weight excluding hydrogens is 450 g/mol. The molecule has 11 nitrogen and oxygen atoms in total. The van der Waals surface area contributed by atoms with Crippen LogP contribution in [0.2, 0.25) is 0 Å². The number of aryl methyl sites for hydroxylation is 1. The monoisotopic (exact) mass is 479 g/mol. The zero-order chi connectivity index (χ0) is 24.6. The Morgan fingerprint density at radius 3 is 2.36 bits per heavy atom. The number of carbonyl (C=O) groups is 2. The molecule has 1 aromatic heterocycles. The van der Waals surface area contributed by atoms with Gasteiger partial charge in [0.2, 0.25) is 11.7 Å². The highest BCUT2D eigenvalue weighted by Gasteiger charge is 2.19. The van der Waals surface area contributed by atoms with E-state index >= 15 is 0 Å². The van der Waals surface area contributed by atoms with Crippen LogP contribution >= 0.6 is 0 Å². The zero-order valence-electron chi connectivity index (χ0n) is 19.3. The minimum Gasteiger partial charge on any atom is -0.478 e. The molecule has 1 heterocycles. The second-order valence-electron chi connectivity index (χ2n) is 8.06. The molecule has 2 aromatic rings. The van der Waals surface area contributed by atoms with Crippen LogP contribution in [0.3, 0.4) is 0 Å². The Hall–Kier alpha value is -3.41. The fraction of sp³-hybridized carbons (Fsp3) is 0.429. The van der Waals surface area contributed by atoms with Crippen molar-refractivity contribution in [1.82, 2.24) is 15.3 Å². The number of carbonyl (C=O) groups excluding carboxylic acids is 2. The maximum Gasteiger partial charge on any atom is 0.407 e. The van der Waals surface area contributed by atoms with Crippen molar-refractivity contribution < 1.29 is 27.5 Å². The molecule has 12 heteroatoms. The third-order valence-electron chi connectivity index (χ3n) is 3.98. The highest BCUT2D eigenvalue weighted by Crippen LogP contribution is 2.23. The lowest BCUT2D eigenvalue weighted by Gasteiger charge is -2.19. The summed E-state index contributed by atoms with van der Waals surface area (Å²) in [6.45, 7) is 7.08. The van der Waals surface area contributed by atoms with Gasteiger partial charge < -0.3 is 20.1 Å². The van der Waals surface area contributed by atoms with Crippen molar-refractivity contribution in [3.63, 3.8) is 0 Å². The van der Waals surface area contributed by atoms with Crippen LogP contribution in [0.15, 0.2) is 35.4 Å². The molecule has 0 bridgehead atoms. The number of benzene rings is 1. The maximum absolute atomic E-state index is 12.7. The number of hydrogen-bond acceptors (Lipinski definition) is 8. The van der Waals surface area contributed by atoms with Crippen molar-refractivity contribution in [2.24, 2.45) is 0 Å². The second kappa shape index (κ2) is 10.9. The number of rotatable bonds is 9. The quantitative estimate of drug-likeness (QED) is 0.465. The molecule has 0 aliphatic carbocycles. The van der Waals surface area contributed by atoms with Crippen LogP contribution in [-0.4, -0.2) is 49.6 Å². The first kappa shape index (κ1) is 25.8. The summed E-state index contributed by atoms with van der Waals surface area (Å²) in [5, 5.41) is 5.23. The number of amides is 2. The van der Waals surface area contributed by atoms with E-state index in [0.29, 0.717) is 30.8 Å². The molecule has 2 amide bonds. The molecule has 3 N–H and O–H groups in total. The molecule has 0 aliphatic heterocycles. The molecule has 0 saturated heterocycles. The third kappa shape index (κ3) is 8.56. The smallest absolute Gasteiger partial charge is 0.407 e. The average Bonchev–Trinajstić information content (AvgIpc) is 2.70. The Balaban J connectivity index is 1.99. The van der Waals surface area contributed by atoms with Crippen molar-refractivity contribution in [3.8, 4) is 5.88 Å². The summed E-state index contributed by atoms with van der Waals surface area (Å²) < 4.78 is 38.1. The van der Waals surface area contributed by atoms with E-state index in [-0.39, 0.29) is 22.5 Å². The Morgan fingerprint density at radius 1 is 1.12 bits per heavy atom. The standard InChI is InChI=1S/C21H29N5O6S/c1-14(27)24-15-8-10-17(11-9-15)33(29,30)26-18-19(31-5)25-16(13-23-18)7-6-12-22-20(28)32-21(2,3)4/h8-11,13H,6-7,12H2,1-5H3,(H,22,28)(H,23,26)(H,24,27). The Labute approximate surface area is 193 Å². The van der Waals surface area contributed by atoms with Crippen LogP contribution in [0.25, 0.3) is 0 Å². The number of nitrogens with zero attached hydrogens (tertiary/aromatic N) is 2. The molecule has 0 aliphatic rings. The summed E-state index contributed by atoms with van der Waals surface area (Å²) >= 11 is 0. The Bertz CT molecular complexity index is 1080. The van der Waals surface area contributed by atoms with Gasteiger partial charge in [-0.1, -0.05) is 0 Å². The van der Waals surface area contributed by atoms with Gasteiger partial charge in [0, 0.05) is 19.2 Å². The fourth-order valence-corrected chi connectivity index (χ4v) is 3.63. The van der Waals surface area contributed by atoms with Gasteiger partial charge in [-0.3, -0.25) is 9.52 Å². The van der Waals surface area contributed by atoms with Gasteiger partial charge in [-0.15, -0.1) is 0 Å². The van der Waals surface area contributed by atoms with E-state index in [1.165, 1.54) is 44.5 Å². The lowest BCUT2D eigenvalue weighted by Crippen LogP contribution is -2.33. The van der Waals surface area contributed by atoms with Crippen molar-refractivity contribution in [1.29, 1.82) is 0 Å². The number of sulfonamides is 1. The Kier molecular flexibility index (Phi) is 8.57. The third-order valence-corrected chi connectivity index (χ3v) is 5.33. The number of nitrogens with one attached hydrogen (secondary N) is 3. The van der Waals surface area contributed by atoms with Crippen LogP contribution in [0, 0.1) is 0 Å². The molecule has 0 atom stereocenters. The van der Waals surface area contributed by atoms with Crippen molar-refractivity contribution >= 4 is 33.5 Å². The molecule has 2 rings (SSSR count). The van der Waals surface area contributed by atoms with E-state index in [1.54, 1.807) is 20.8 Å². The van der Waals surface area contributed by atoms with E-state index in [1.807, 2.05) is 0 Å². The lowest BCUT2D eigenvalue weighted by molar-refractivity contribution is -0.114. The number of hydrogen-bond donors (Lipinski definition) is 3. The van der Waals surface area contributed by atoms with E-state index < -0.39 is 21.7 Å². The van der Waals surface area contributed by atoms with E-state index in [0.717, 1.165) is 0 Å². The molecular formula is C21H29N5O6S. The van der Waals surface area contributed by atoms with Crippen LogP contribution < -0.4 is 20.1 Å². The molecule has 0 saturated carbocycles.